The Bertz CT molecular complexity index is 703. The number of carbonyl (C=O) groups excluding carboxylic acids is 1. The van der Waals surface area contributed by atoms with E-state index in [-0.39, 0.29) is 5.91 Å². The van der Waals surface area contributed by atoms with E-state index in [1.54, 1.807) is 34.8 Å². The van der Waals surface area contributed by atoms with Crippen LogP contribution >= 0.6 is 0 Å². The van der Waals surface area contributed by atoms with Crippen LogP contribution in [0.1, 0.15) is 16.1 Å². The summed E-state index contributed by atoms with van der Waals surface area (Å²) in [5.41, 5.74) is 2.00. The van der Waals surface area contributed by atoms with Crippen LogP contribution in [-0.2, 0) is 7.05 Å². The molecule has 5 nitrogen and oxygen atoms in total. The molecule has 1 aliphatic heterocycles. The fourth-order valence-corrected chi connectivity index (χ4v) is 2.44. The maximum atomic E-state index is 12.7. The lowest BCUT2D eigenvalue weighted by Crippen LogP contribution is -2.30. The number of para-hydroxylation sites is 1. The number of aryl methyl sites for hydroxylation is 2. The Balaban J connectivity index is 2.26. The number of hydrogen-bond acceptors (Lipinski definition) is 3. The molecule has 2 aromatic rings. The predicted octanol–water partition coefficient (Wildman–Crippen LogP) is 2.67. The van der Waals surface area contributed by atoms with Gasteiger partial charge in [-0.2, -0.15) is 5.10 Å². The molecule has 0 unspecified atom stereocenters. The molecule has 0 N–H and O–H groups in total. The summed E-state index contributed by atoms with van der Waals surface area (Å²) in [6.45, 7) is 6.00. The van der Waals surface area contributed by atoms with Gasteiger partial charge in [-0.05, 0) is 19.1 Å². The van der Waals surface area contributed by atoms with Crippen molar-refractivity contribution >= 4 is 11.6 Å². The summed E-state index contributed by atoms with van der Waals surface area (Å²) >= 11 is 0. The van der Waals surface area contributed by atoms with Crippen LogP contribution in [0.15, 0.2) is 36.9 Å². The molecule has 0 bridgehead atoms. The fourth-order valence-electron chi connectivity index (χ4n) is 2.44. The molecule has 102 valence electrons. The van der Waals surface area contributed by atoms with Crippen molar-refractivity contribution in [2.24, 2.45) is 7.05 Å². The van der Waals surface area contributed by atoms with Gasteiger partial charge in [-0.3, -0.25) is 9.69 Å². The maximum absolute atomic E-state index is 12.7. The molecule has 0 spiro atoms. The van der Waals surface area contributed by atoms with Crippen molar-refractivity contribution in [3.05, 3.63) is 48.2 Å². The SMILES string of the molecule is C=CCN1C(=O)c2ccccc2Oc2c1c(C)nn2C. The zero-order chi connectivity index (χ0) is 14.3. The average Bonchev–Trinajstić information content (AvgIpc) is 2.63. The van der Waals surface area contributed by atoms with E-state index in [0.29, 0.717) is 29.4 Å². The third kappa shape index (κ3) is 1.71. The Morgan fingerprint density at radius 1 is 1.40 bits per heavy atom. The van der Waals surface area contributed by atoms with E-state index < -0.39 is 0 Å². The van der Waals surface area contributed by atoms with Crippen molar-refractivity contribution in [3.8, 4) is 11.6 Å². The van der Waals surface area contributed by atoms with Gasteiger partial charge in [-0.1, -0.05) is 18.2 Å². The standard InChI is InChI=1S/C15H15N3O2/c1-4-9-18-13-10(2)16-17(3)15(13)20-12-8-6-5-7-11(12)14(18)19/h4-8H,1,9H2,2-3H3. The molecule has 1 amide bonds. The lowest BCUT2D eigenvalue weighted by Gasteiger charge is -2.18. The fraction of sp³-hybridized carbons (Fsp3) is 0.200. The number of amides is 1. The molecule has 3 rings (SSSR count). The van der Waals surface area contributed by atoms with E-state index in [1.165, 1.54) is 0 Å². The number of nitrogens with zero attached hydrogens (tertiary/aromatic N) is 3. The average molecular weight is 269 g/mol. The van der Waals surface area contributed by atoms with Crippen LogP contribution in [0.3, 0.4) is 0 Å². The zero-order valence-electron chi connectivity index (χ0n) is 11.5. The molecule has 0 saturated heterocycles. The lowest BCUT2D eigenvalue weighted by atomic mass is 10.1. The number of hydrogen-bond donors (Lipinski definition) is 0. The number of carbonyl (C=O) groups is 1. The summed E-state index contributed by atoms with van der Waals surface area (Å²) in [6, 6.07) is 7.23. The van der Waals surface area contributed by atoms with Gasteiger partial charge in [0.05, 0.1) is 11.3 Å². The monoisotopic (exact) mass is 269 g/mol. The van der Waals surface area contributed by atoms with Crippen molar-refractivity contribution in [1.82, 2.24) is 9.78 Å². The van der Waals surface area contributed by atoms with Gasteiger partial charge in [0.25, 0.3) is 5.91 Å². The minimum Gasteiger partial charge on any atom is -0.436 e. The minimum atomic E-state index is -0.102. The molecule has 0 atom stereocenters. The molecule has 0 saturated carbocycles. The molecule has 1 aliphatic rings. The van der Waals surface area contributed by atoms with E-state index in [2.05, 4.69) is 11.7 Å². The Labute approximate surface area is 117 Å². The van der Waals surface area contributed by atoms with Gasteiger partial charge in [0.15, 0.2) is 0 Å². The van der Waals surface area contributed by atoms with Gasteiger partial charge in [-0.15, -0.1) is 6.58 Å². The molecule has 1 aromatic carbocycles. The number of rotatable bonds is 2. The summed E-state index contributed by atoms with van der Waals surface area (Å²) < 4.78 is 7.55. The van der Waals surface area contributed by atoms with Gasteiger partial charge >= 0.3 is 0 Å². The summed E-state index contributed by atoms with van der Waals surface area (Å²) in [5, 5.41) is 4.34. The van der Waals surface area contributed by atoms with Crippen LogP contribution in [0.25, 0.3) is 0 Å². The highest BCUT2D eigenvalue weighted by atomic mass is 16.5. The Kier molecular flexibility index (Phi) is 2.82. The maximum Gasteiger partial charge on any atom is 0.262 e. The van der Waals surface area contributed by atoms with E-state index in [0.717, 1.165) is 5.69 Å². The van der Waals surface area contributed by atoms with Crippen LogP contribution in [0.5, 0.6) is 11.6 Å². The highest BCUT2D eigenvalue weighted by Gasteiger charge is 2.31. The second kappa shape index (κ2) is 4.52. The number of ether oxygens (including phenoxy) is 1. The molecule has 0 radical (unpaired) electrons. The lowest BCUT2D eigenvalue weighted by molar-refractivity contribution is 0.0989. The van der Waals surface area contributed by atoms with Crippen molar-refractivity contribution in [3.63, 3.8) is 0 Å². The first kappa shape index (κ1) is 12.5. The van der Waals surface area contributed by atoms with Crippen LogP contribution in [0.4, 0.5) is 5.69 Å². The van der Waals surface area contributed by atoms with Crippen LogP contribution in [0, 0.1) is 6.92 Å². The van der Waals surface area contributed by atoms with E-state index >= 15 is 0 Å². The number of aromatic nitrogens is 2. The largest absolute Gasteiger partial charge is 0.436 e. The van der Waals surface area contributed by atoms with Gasteiger partial charge < -0.3 is 4.74 Å². The highest BCUT2D eigenvalue weighted by molar-refractivity contribution is 6.10. The predicted molar refractivity (Wildman–Crippen MR) is 76.3 cm³/mol. The molecular formula is C15H15N3O2. The van der Waals surface area contributed by atoms with Gasteiger partial charge in [0.1, 0.15) is 11.4 Å². The first-order valence-electron chi connectivity index (χ1n) is 6.36. The first-order valence-corrected chi connectivity index (χ1v) is 6.36. The third-order valence-corrected chi connectivity index (χ3v) is 3.29. The Morgan fingerprint density at radius 3 is 2.90 bits per heavy atom. The van der Waals surface area contributed by atoms with Gasteiger partial charge in [0, 0.05) is 13.6 Å². The van der Waals surface area contributed by atoms with E-state index in [4.69, 9.17) is 4.74 Å². The topological polar surface area (TPSA) is 47.4 Å². The van der Waals surface area contributed by atoms with Crippen LogP contribution in [-0.4, -0.2) is 22.2 Å². The van der Waals surface area contributed by atoms with Crippen molar-refractivity contribution < 1.29 is 9.53 Å². The van der Waals surface area contributed by atoms with E-state index in [9.17, 15) is 4.79 Å². The number of benzene rings is 1. The highest BCUT2D eigenvalue weighted by Crippen LogP contribution is 2.40. The second-order valence-corrected chi connectivity index (χ2v) is 4.67. The smallest absolute Gasteiger partial charge is 0.262 e. The zero-order valence-corrected chi connectivity index (χ0v) is 11.5. The molecule has 20 heavy (non-hydrogen) atoms. The van der Waals surface area contributed by atoms with Crippen LogP contribution < -0.4 is 9.64 Å². The van der Waals surface area contributed by atoms with Gasteiger partial charge in [-0.25, -0.2) is 4.68 Å². The molecule has 0 aliphatic carbocycles. The summed E-state index contributed by atoms with van der Waals surface area (Å²) in [6.07, 6.45) is 1.70. The molecule has 1 aromatic heterocycles. The molecule has 0 fully saturated rings. The number of anilines is 1. The summed E-state index contributed by atoms with van der Waals surface area (Å²) in [5.74, 6) is 1.02. The molecule has 2 heterocycles. The van der Waals surface area contributed by atoms with Crippen molar-refractivity contribution in [2.75, 3.05) is 11.4 Å². The number of fused-ring (bicyclic) bond motifs is 2. The normalized spacial score (nSPS) is 13.3. The minimum absolute atomic E-state index is 0.102. The van der Waals surface area contributed by atoms with Crippen molar-refractivity contribution in [1.29, 1.82) is 0 Å². The van der Waals surface area contributed by atoms with Gasteiger partial charge in [0.2, 0.25) is 5.88 Å². The quantitative estimate of drug-likeness (QED) is 0.787. The third-order valence-electron chi connectivity index (χ3n) is 3.29. The summed E-state index contributed by atoms with van der Waals surface area (Å²) in [4.78, 5) is 14.4. The summed E-state index contributed by atoms with van der Waals surface area (Å²) in [7, 11) is 1.80. The Morgan fingerprint density at radius 2 is 2.15 bits per heavy atom. The first-order chi connectivity index (χ1) is 9.63. The van der Waals surface area contributed by atoms with Crippen LogP contribution in [0.2, 0.25) is 0 Å². The second-order valence-electron chi connectivity index (χ2n) is 4.67. The Hall–Kier alpha value is -2.56. The van der Waals surface area contributed by atoms with Crippen molar-refractivity contribution in [2.45, 2.75) is 6.92 Å². The van der Waals surface area contributed by atoms with E-state index in [1.807, 2.05) is 19.1 Å². The molecule has 5 heteroatoms. The molecular weight excluding hydrogens is 254 g/mol.